The number of esters is 1. The summed E-state index contributed by atoms with van der Waals surface area (Å²) in [7, 11) is 2.82. The van der Waals surface area contributed by atoms with Gasteiger partial charge in [-0.3, -0.25) is 0 Å². The van der Waals surface area contributed by atoms with E-state index < -0.39 is 11.8 Å². The van der Waals surface area contributed by atoms with Gasteiger partial charge in [0, 0.05) is 18.4 Å². The molecule has 0 aliphatic rings. The summed E-state index contributed by atoms with van der Waals surface area (Å²) in [5, 5.41) is 0. The molecule has 110 valence electrons. The molecule has 0 aliphatic carbocycles. The predicted octanol–water partition coefficient (Wildman–Crippen LogP) is 3.10. The van der Waals surface area contributed by atoms with Crippen LogP contribution in [-0.4, -0.2) is 20.1 Å². The third-order valence-corrected chi connectivity index (χ3v) is 3.10. The first-order chi connectivity index (χ1) is 9.93. The van der Waals surface area contributed by atoms with Crippen molar-refractivity contribution in [1.82, 2.24) is 0 Å². The van der Waals surface area contributed by atoms with E-state index in [-0.39, 0.29) is 22.8 Å². The van der Waals surface area contributed by atoms with Crippen LogP contribution in [0.1, 0.15) is 10.4 Å². The van der Waals surface area contributed by atoms with Crippen LogP contribution in [0.15, 0.2) is 36.4 Å². The Balaban J connectivity index is 2.47. The first kappa shape index (κ1) is 14.8. The topological polar surface area (TPSA) is 55.6 Å². The van der Waals surface area contributed by atoms with Gasteiger partial charge in [-0.05, 0) is 36.4 Å². The molecule has 2 N–H and O–H groups in total. The van der Waals surface area contributed by atoms with Gasteiger partial charge in [0.15, 0.2) is 0 Å². The number of carbonyl (C=O) groups excluding carboxylic acids is 1. The van der Waals surface area contributed by atoms with Crippen molar-refractivity contribution in [3.63, 3.8) is 0 Å². The van der Waals surface area contributed by atoms with Crippen molar-refractivity contribution in [3.8, 4) is 0 Å². The number of ether oxygens (including phenoxy) is 1. The minimum Gasteiger partial charge on any atom is -0.465 e. The number of nitrogens with zero attached hydrogens (tertiary/aromatic N) is 1. The average Bonchev–Trinajstić information content (AvgIpc) is 2.47. The number of benzene rings is 2. The van der Waals surface area contributed by atoms with Crippen LogP contribution in [-0.2, 0) is 4.74 Å². The predicted molar refractivity (Wildman–Crippen MR) is 76.6 cm³/mol. The summed E-state index contributed by atoms with van der Waals surface area (Å²) in [6.07, 6.45) is 0. The Bertz CT molecular complexity index is 672. The number of nitrogen functional groups attached to an aromatic ring is 1. The Morgan fingerprint density at radius 1 is 1.19 bits per heavy atom. The van der Waals surface area contributed by atoms with Crippen LogP contribution in [0.5, 0.6) is 0 Å². The molecule has 0 heterocycles. The van der Waals surface area contributed by atoms with E-state index in [0.717, 1.165) is 6.07 Å². The highest BCUT2D eigenvalue weighted by Crippen LogP contribution is 2.30. The zero-order valence-corrected chi connectivity index (χ0v) is 11.6. The summed E-state index contributed by atoms with van der Waals surface area (Å²) in [5.74, 6) is -1.63. The molecule has 0 fully saturated rings. The second-order valence-electron chi connectivity index (χ2n) is 4.42. The van der Waals surface area contributed by atoms with Gasteiger partial charge in [0.05, 0.1) is 18.4 Å². The quantitative estimate of drug-likeness (QED) is 0.697. The number of rotatable bonds is 3. The third kappa shape index (κ3) is 2.94. The van der Waals surface area contributed by atoms with E-state index in [2.05, 4.69) is 4.74 Å². The van der Waals surface area contributed by atoms with Gasteiger partial charge in [-0.2, -0.15) is 0 Å². The van der Waals surface area contributed by atoms with E-state index in [1.165, 1.54) is 42.3 Å². The SMILES string of the molecule is COC(=O)c1cc(N(C)c2ccc(F)cc2)c(F)cc1N. The van der Waals surface area contributed by atoms with E-state index in [9.17, 15) is 13.6 Å². The third-order valence-electron chi connectivity index (χ3n) is 3.10. The lowest BCUT2D eigenvalue weighted by atomic mass is 10.1. The number of halogens is 2. The zero-order chi connectivity index (χ0) is 15.6. The molecule has 0 radical (unpaired) electrons. The first-order valence-corrected chi connectivity index (χ1v) is 6.10. The molecule has 0 atom stereocenters. The van der Waals surface area contributed by atoms with Crippen molar-refractivity contribution in [2.75, 3.05) is 24.8 Å². The van der Waals surface area contributed by atoms with Crippen LogP contribution in [0.4, 0.5) is 25.8 Å². The highest BCUT2D eigenvalue weighted by Gasteiger charge is 2.17. The van der Waals surface area contributed by atoms with Crippen molar-refractivity contribution in [3.05, 3.63) is 53.6 Å². The lowest BCUT2D eigenvalue weighted by Crippen LogP contribution is -2.14. The number of methoxy groups -OCH3 is 1. The number of nitrogens with two attached hydrogens (primary N) is 1. The Hall–Kier alpha value is -2.63. The molecule has 0 saturated carbocycles. The maximum Gasteiger partial charge on any atom is 0.340 e. The first-order valence-electron chi connectivity index (χ1n) is 6.10. The normalized spacial score (nSPS) is 10.3. The fraction of sp³-hybridized carbons (Fsp3) is 0.133. The molecule has 6 heteroatoms. The average molecular weight is 292 g/mol. The molecule has 2 aromatic rings. The summed E-state index contributed by atoms with van der Waals surface area (Å²) in [6.45, 7) is 0. The number of hydrogen-bond acceptors (Lipinski definition) is 4. The Morgan fingerprint density at radius 2 is 1.81 bits per heavy atom. The lowest BCUT2D eigenvalue weighted by Gasteiger charge is -2.21. The van der Waals surface area contributed by atoms with E-state index in [1.54, 1.807) is 7.05 Å². The molecule has 4 nitrogen and oxygen atoms in total. The summed E-state index contributed by atoms with van der Waals surface area (Å²) in [4.78, 5) is 13.1. The van der Waals surface area contributed by atoms with Crippen molar-refractivity contribution in [1.29, 1.82) is 0 Å². The molecule has 21 heavy (non-hydrogen) atoms. The van der Waals surface area contributed by atoms with Gasteiger partial charge in [0.25, 0.3) is 0 Å². The van der Waals surface area contributed by atoms with Crippen molar-refractivity contribution >= 4 is 23.0 Å². The van der Waals surface area contributed by atoms with Crippen LogP contribution in [0.3, 0.4) is 0 Å². The maximum atomic E-state index is 14.1. The van der Waals surface area contributed by atoms with Crippen LogP contribution >= 0.6 is 0 Å². The smallest absolute Gasteiger partial charge is 0.340 e. The van der Waals surface area contributed by atoms with Gasteiger partial charge in [-0.25, -0.2) is 13.6 Å². The fourth-order valence-corrected chi connectivity index (χ4v) is 1.92. The van der Waals surface area contributed by atoms with Crippen molar-refractivity contribution in [2.45, 2.75) is 0 Å². The molecule has 0 unspecified atom stereocenters. The van der Waals surface area contributed by atoms with Crippen molar-refractivity contribution < 1.29 is 18.3 Å². The summed E-state index contributed by atoms with van der Waals surface area (Å²) >= 11 is 0. The van der Waals surface area contributed by atoms with Gasteiger partial charge < -0.3 is 15.4 Å². The Morgan fingerprint density at radius 3 is 2.38 bits per heavy atom. The van der Waals surface area contributed by atoms with Crippen LogP contribution < -0.4 is 10.6 Å². The highest BCUT2D eigenvalue weighted by atomic mass is 19.1. The second kappa shape index (κ2) is 5.78. The van der Waals surface area contributed by atoms with Crippen LogP contribution in [0.2, 0.25) is 0 Å². The summed E-state index contributed by atoms with van der Waals surface area (Å²) in [6, 6.07) is 7.90. The van der Waals surface area contributed by atoms with Crippen LogP contribution in [0.25, 0.3) is 0 Å². The van der Waals surface area contributed by atoms with E-state index >= 15 is 0 Å². The molecule has 0 saturated heterocycles. The molecule has 0 aliphatic heterocycles. The van der Waals surface area contributed by atoms with Gasteiger partial charge in [-0.15, -0.1) is 0 Å². The van der Waals surface area contributed by atoms with E-state index in [1.807, 2.05) is 0 Å². The standard InChI is InChI=1S/C15H14F2N2O2/c1-19(10-5-3-9(16)4-6-10)14-7-11(15(20)21-2)13(18)8-12(14)17/h3-8H,18H2,1-2H3. The molecule has 0 bridgehead atoms. The summed E-state index contributed by atoms with van der Waals surface area (Å²) in [5.41, 5.74) is 6.39. The van der Waals surface area contributed by atoms with Gasteiger partial charge in [0.1, 0.15) is 11.6 Å². The molecule has 2 aromatic carbocycles. The minimum atomic E-state index is -0.652. The lowest BCUT2D eigenvalue weighted by molar-refractivity contribution is 0.0602. The van der Waals surface area contributed by atoms with Gasteiger partial charge in [0.2, 0.25) is 0 Å². The molecule has 2 rings (SSSR count). The maximum absolute atomic E-state index is 14.1. The fourth-order valence-electron chi connectivity index (χ4n) is 1.92. The van der Waals surface area contributed by atoms with E-state index in [0.29, 0.717) is 5.69 Å². The highest BCUT2D eigenvalue weighted by molar-refractivity contribution is 5.96. The van der Waals surface area contributed by atoms with Crippen molar-refractivity contribution in [2.24, 2.45) is 0 Å². The molecule has 0 aromatic heterocycles. The number of hydrogen-bond donors (Lipinski definition) is 1. The summed E-state index contributed by atoms with van der Waals surface area (Å²) < 4.78 is 31.6. The zero-order valence-electron chi connectivity index (χ0n) is 11.6. The number of anilines is 3. The Kier molecular flexibility index (Phi) is 4.07. The number of carbonyl (C=O) groups is 1. The molecule has 0 amide bonds. The Labute approximate surface area is 120 Å². The minimum absolute atomic E-state index is 0.00407. The van der Waals surface area contributed by atoms with Crippen LogP contribution in [0, 0.1) is 11.6 Å². The monoisotopic (exact) mass is 292 g/mol. The van der Waals surface area contributed by atoms with E-state index in [4.69, 9.17) is 5.73 Å². The largest absolute Gasteiger partial charge is 0.465 e. The van der Waals surface area contributed by atoms with Gasteiger partial charge in [-0.1, -0.05) is 0 Å². The molecular formula is C15H14F2N2O2. The van der Waals surface area contributed by atoms with Gasteiger partial charge >= 0.3 is 5.97 Å². The second-order valence-corrected chi connectivity index (χ2v) is 4.42. The molecular weight excluding hydrogens is 278 g/mol. The molecule has 0 spiro atoms.